The second kappa shape index (κ2) is 7.25. The lowest BCUT2D eigenvalue weighted by molar-refractivity contribution is 0.401. The summed E-state index contributed by atoms with van der Waals surface area (Å²) in [6.07, 6.45) is 7.53. The molecular weight excluding hydrogens is 254 g/mol. The van der Waals surface area contributed by atoms with Crippen molar-refractivity contribution in [3.05, 3.63) is 10.6 Å². The monoisotopic (exact) mass is 281 g/mol. The molecule has 4 heteroatoms. The van der Waals surface area contributed by atoms with Crippen LogP contribution >= 0.6 is 11.3 Å². The Bertz CT molecular complexity index is 385. The third kappa shape index (κ3) is 3.69. The molecule has 1 aliphatic rings. The summed E-state index contributed by atoms with van der Waals surface area (Å²) in [5.74, 6) is 0. The number of thiazole rings is 1. The zero-order chi connectivity index (χ0) is 13.7. The summed E-state index contributed by atoms with van der Waals surface area (Å²) in [5.41, 5.74) is 1.32. The molecule has 3 nitrogen and oxygen atoms in total. The Kier molecular flexibility index (Phi) is 5.64. The highest BCUT2D eigenvalue weighted by atomic mass is 32.1. The lowest BCUT2D eigenvalue weighted by Gasteiger charge is -2.34. The number of hydrogen-bond donors (Lipinski definition) is 1. The zero-order valence-electron chi connectivity index (χ0n) is 12.5. The number of hydrogen-bond acceptors (Lipinski definition) is 4. The standard InChI is InChI=1S/C15H27N3S/c1-4-7-13-14(11-16-10-5-2)19-15(17-13)18(3)12-8-6-9-12/h12,16H,4-11H2,1-3H3. The number of nitrogens with one attached hydrogen (secondary N) is 1. The molecule has 1 saturated carbocycles. The number of rotatable bonds is 8. The average Bonchev–Trinajstić information content (AvgIpc) is 2.71. The van der Waals surface area contributed by atoms with Crippen molar-refractivity contribution < 1.29 is 0 Å². The third-order valence-corrected chi connectivity index (χ3v) is 5.08. The third-order valence-electron chi connectivity index (χ3n) is 3.89. The smallest absolute Gasteiger partial charge is 0.185 e. The highest BCUT2D eigenvalue weighted by Crippen LogP contribution is 2.33. The highest BCUT2D eigenvalue weighted by molar-refractivity contribution is 7.15. The molecule has 1 aliphatic carbocycles. The highest BCUT2D eigenvalue weighted by Gasteiger charge is 2.25. The van der Waals surface area contributed by atoms with Gasteiger partial charge in [0.05, 0.1) is 5.69 Å². The van der Waals surface area contributed by atoms with Gasteiger partial charge < -0.3 is 10.2 Å². The first-order valence-electron chi connectivity index (χ1n) is 7.68. The van der Waals surface area contributed by atoms with Gasteiger partial charge >= 0.3 is 0 Å². The van der Waals surface area contributed by atoms with Gasteiger partial charge in [-0.25, -0.2) is 4.98 Å². The normalized spacial score (nSPS) is 15.5. The maximum atomic E-state index is 4.89. The SMILES string of the molecule is CCCNCc1sc(N(C)C2CCC2)nc1CCC. The summed E-state index contributed by atoms with van der Waals surface area (Å²) in [6, 6.07) is 0.733. The van der Waals surface area contributed by atoms with Crippen molar-refractivity contribution in [3.63, 3.8) is 0 Å². The molecule has 1 heterocycles. The minimum absolute atomic E-state index is 0.733. The van der Waals surface area contributed by atoms with Gasteiger partial charge in [-0.05, 0) is 38.6 Å². The molecule has 1 fully saturated rings. The zero-order valence-corrected chi connectivity index (χ0v) is 13.4. The summed E-state index contributed by atoms with van der Waals surface area (Å²) in [7, 11) is 2.21. The Morgan fingerprint density at radius 1 is 1.32 bits per heavy atom. The quantitative estimate of drug-likeness (QED) is 0.738. The van der Waals surface area contributed by atoms with Crippen LogP contribution in [0, 0.1) is 0 Å². The molecule has 1 aromatic heterocycles. The predicted molar refractivity (Wildman–Crippen MR) is 84.1 cm³/mol. The van der Waals surface area contributed by atoms with E-state index in [2.05, 4.69) is 31.1 Å². The topological polar surface area (TPSA) is 28.2 Å². The lowest BCUT2D eigenvalue weighted by atomic mass is 9.92. The number of nitrogens with zero attached hydrogens (tertiary/aromatic N) is 2. The van der Waals surface area contributed by atoms with E-state index in [1.165, 1.54) is 47.8 Å². The van der Waals surface area contributed by atoms with E-state index in [0.29, 0.717) is 0 Å². The average molecular weight is 281 g/mol. The van der Waals surface area contributed by atoms with Gasteiger partial charge in [-0.2, -0.15) is 0 Å². The Labute approximate surface area is 121 Å². The Morgan fingerprint density at radius 3 is 2.68 bits per heavy atom. The molecule has 1 N–H and O–H groups in total. The van der Waals surface area contributed by atoms with Crippen LogP contribution in [0.3, 0.4) is 0 Å². The van der Waals surface area contributed by atoms with Crippen molar-refractivity contribution >= 4 is 16.5 Å². The fraction of sp³-hybridized carbons (Fsp3) is 0.800. The van der Waals surface area contributed by atoms with E-state index in [-0.39, 0.29) is 0 Å². The van der Waals surface area contributed by atoms with Gasteiger partial charge in [-0.1, -0.05) is 20.3 Å². The van der Waals surface area contributed by atoms with E-state index in [4.69, 9.17) is 4.98 Å². The number of aryl methyl sites for hydroxylation is 1. The van der Waals surface area contributed by atoms with Crippen LogP contribution in [0.2, 0.25) is 0 Å². The van der Waals surface area contributed by atoms with Crippen molar-refractivity contribution in [1.82, 2.24) is 10.3 Å². The van der Waals surface area contributed by atoms with Gasteiger partial charge in [0.2, 0.25) is 0 Å². The minimum Gasteiger partial charge on any atom is -0.348 e. The van der Waals surface area contributed by atoms with E-state index in [9.17, 15) is 0 Å². The van der Waals surface area contributed by atoms with Crippen LogP contribution in [-0.4, -0.2) is 24.6 Å². The minimum atomic E-state index is 0.733. The van der Waals surface area contributed by atoms with Crippen molar-refractivity contribution in [3.8, 4) is 0 Å². The van der Waals surface area contributed by atoms with Gasteiger partial charge in [0.25, 0.3) is 0 Å². The Balaban J connectivity index is 2.04. The van der Waals surface area contributed by atoms with Crippen LogP contribution in [0.1, 0.15) is 56.5 Å². The van der Waals surface area contributed by atoms with E-state index in [1.807, 2.05) is 11.3 Å². The van der Waals surface area contributed by atoms with Crippen LogP contribution in [0.15, 0.2) is 0 Å². The summed E-state index contributed by atoms with van der Waals surface area (Å²) in [6.45, 7) is 6.52. The van der Waals surface area contributed by atoms with Crippen LogP contribution in [0.4, 0.5) is 5.13 Å². The van der Waals surface area contributed by atoms with E-state index >= 15 is 0 Å². The largest absolute Gasteiger partial charge is 0.348 e. The first-order valence-corrected chi connectivity index (χ1v) is 8.50. The molecule has 2 rings (SSSR count). The van der Waals surface area contributed by atoms with E-state index < -0.39 is 0 Å². The molecule has 0 aromatic carbocycles. The molecule has 0 saturated heterocycles. The molecular formula is C15H27N3S. The van der Waals surface area contributed by atoms with E-state index in [1.54, 1.807) is 0 Å². The summed E-state index contributed by atoms with van der Waals surface area (Å²) in [4.78, 5) is 8.73. The van der Waals surface area contributed by atoms with Gasteiger partial charge in [-0.3, -0.25) is 0 Å². The van der Waals surface area contributed by atoms with Crippen molar-refractivity contribution in [2.45, 2.75) is 65.0 Å². The van der Waals surface area contributed by atoms with Crippen molar-refractivity contribution in [2.24, 2.45) is 0 Å². The number of aromatic nitrogens is 1. The van der Waals surface area contributed by atoms with Gasteiger partial charge in [0.1, 0.15) is 0 Å². The first kappa shape index (κ1) is 14.8. The summed E-state index contributed by atoms with van der Waals surface area (Å²) in [5, 5.41) is 4.74. The summed E-state index contributed by atoms with van der Waals surface area (Å²) < 4.78 is 0. The maximum absolute atomic E-state index is 4.89. The van der Waals surface area contributed by atoms with Crippen LogP contribution in [-0.2, 0) is 13.0 Å². The molecule has 0 aliphatic heterocycles. The fourth-order valence-electron chi connectivity index (χ4n) is 2.40. The second-order valence-electron chi connectivity index (χ2n) is 5.49. The second-order valence-corrected chi connectivity index (χ2v) is 6.55. The van der Waals surface area contributed by atoms with Crippen LogP contribution in [0.5, 0.6) is 0 Å². The van der Waals surface area contributed by atoms with Crippen LogP contribution < -0.4 is 10.2 Å². The van der Waals surface area contributed by atoms with Crippen LogP contribution in [0.25, 0.3) is 0 Å². The van der Waals surface area contributed by atoms with Gasteiger partial charge in [0, 0.05) is 24.5 Å². The maximum Gasteiger partial charge on any atom is 0.185 e. The number of anilines is 1. The molecule has 19 heavy (non-hydrogen) atoms. The molecule has 0 atom stereocenters. The molecule has 0 radical (unpaired) electrons. The van der Waals surface area contributed by atoms with Gasteiger partial charge in [-0.15, -0.1) is 11.3 Å². The molecule has 108 valence electrons. The van der Waals surface area contributed by atoms with Crippen molar-refractivity contribution in [1.29, 1.82) is 0 Å². The Morgan fingerprint density at radius 2 is 2.11 bits per heavy atom. The summed E-state index contributed by atoms with van der Waals surface area (Å²) >= 11 is 1.89. The lowest BCUT2D eigenvalue weighted by Crippen LogP contribution is -2.37. The van der Waals surface area contributed by atoms with Gasteiger partial charge in [0.15, 0.2) is 5.13 Å². The Hall–Kier alpha value is -0.610. The molecule has 0 bridgehead atoms. The fourth-order valence-corrected chi connectivity index (χ4v) is 3.51. The molecule has 0 amide bonds. The van der Waals surface area contributed by atoms with E-state index in [0.717, 1.165) is 25.6 Å². The first-order chi connectivity index (χ1) is 9.26. The molecule has 0 spiro atoms. The van der Waals surface area contributed by atoms with Crippen molar-refractivity contribution in [2.75, 3.05) is 18.5 Å². The predicted octanol–water partition coefficient (Wildman–Crippen LogP) is 3.58. The molecule has 1 aromatic rings. The molecule has 0 unspecified atom stereocenters.